The van der Waals surface area contributed by atoms with Crippen molar-refractivity contribution in [3.8, 4) is 6.01 Å². The molecule has 0 aliphatic rings. The number of aromatic nitrogens is 3. The molecular weight excluding hydrogens is 486 g/mol. The third kappa shape index (κ3) is 7.04. The van der Waals surface area contributed by atoms with Crippen molar-refractivity contribution in [2.45, 2.75) is 10.6 Å². The largest absolute Gasteiger partial charge is 0.467 e. The van der Waals surface area contributed by atoms with Gasteiger partial charge < -0.3 is 13.7 Å². The van der Waals surface area contributed by atoms with Crippen LogP contribution in [0.1, 0.15) is 16.2 Å². The molecule has 0 aliphatic heterocycles. The molecule has 0 unspecified atom stereocenters. The number of anilines is 1. The topological polar surface area (TPSA) is 176 Å². The van der Waals surface area contributed by atoms with E-state index in [9.17, 15) is 22.8 Å². The summed E-state index contributed by atoms with van der Waals surface area (Å²) >= 11 is 1.46. The molecule has 2 amide bonds. The second-order valence-corrected chi connectivity index (χ2v) is 9.13. The van der Waals surface area contributed by atoms with Gasteiger partial charge in [0.15, 0.2) is 0 Å². The van der Waals surface area contributed by atoms with Gasteiger partial charge >= 0.3 is 18.0 Å². The average molecular weight is 504 g/mol. The number of esters is 1. The van der Waals surface area contributed by atoms with Gasteiger partial charge in [0.25, 0.3) is 14.5 Å². The maximum Gasteiger partial charge on any atom is 0.339 e. The molecule has 1 aromatic heterocycles. The molecule has 2 N–H and O–H groups in total. The highest BCUT2D eigenvalue weighted by molar-refractivity contribution is 8.36. The number of hydrogen-bond acceptors (Lipinski definition) is 13. The molecule has 0 saturated carbocycles. The molecule has 1 aromatic carbocycles. The van der Waals surface area contributed by atoms with Gasteiger partial charge in [-0.25, -0.2) is 22.7 Å². The minimum atomic E-state index is -4.45. The first kappa shape index (κ1) is 25.3. The van der Waals surface area contributed by atoms with Crippen LogP contribution in [0.15, 0.2) is 29.2 Å². The van der Waals surface area contributed by atoms with Gasteiger partial charge in [0.1, 0.15) is 10.7 Å². The molecule has 32 heavy (non-hydrogen) atoms. The quantitative estimate of drug-likeness (QED) is 0.394. The summed E-state index contributed by atoms with van der Waals surface area (Å²) in [5.41, 5.74) is -0.255. The molecule has 0 spiro atoms. The van der Waals surface area contributed by atoms with E-state index in [2.05, 4.69) is 29.2 Å². The number of nitrogens with zero attached hydrogens (tertiary/aromatic N) is 3. The standard InChI is InChI=1S/C16H17N5O8S3/c1-27-12(22)9-6-4-5-7-10(9)32(25,26)21-14(23)19-13-17-11(18-15(20-13)28-2)8-30-16(24)31-29-3/h4-7H,8H2,1-3H3,(H2,17,18,19,20,21,23). The molecule has 1 heterocycles. The summed E-state index contributed by atoms with van der Waals surface area (Å²) in [5.74, 6) is -1.12. The molecule has 0 bridgehead atoms. The second kappa shape index (κ2) is 11.6. The number of rotatable bonds is 8. The van der Waals surface area contributed by atoms with E-state index >= 15 is 0 Å². The zero-order valence-corrected chi connectivity index (χ0v) is 19.3. The minimum absolute atomic E-state index is 0.00910. The van der Waals surface area contributed by atoms with Crippen molar-refractivity contribution in [2.75, 3.05) is 26.6 Å². The fourth-order valence-electron chi connectivity index (χ4n) is 2.11. The van der Waals surface area contributed by atoms with E-state index in [1.807, 2.05) is 0 Å². The van der Waals surface area contributed by atoms with Gasteiger partial charge in [-0.3, -0.25) is 10.1 Å². The predicted molar refractivity (Wildman–Crippen MR) is 115 cm³/mol. The number of carbonyl (C=O) groups excluding carboxylic acids is 3. The highest BCUT2D eigenvalue weighted by Crippen LogP contribution is 2.21. The van der Waals surface area contributed by atoms with E-state index in [4.69, 9.17) is 4.74 Å². The number of sulfonamides is 1. The van der Waals surface area contributed by atoms with Crippen molar-refractivity contribution in [1.82, 2.24) is 19.7 Å². The summed E-state index contributed by atoms with van der Waals surface area (Å²) in [4.78, 5) is 46.9. The minimum Gasteiger partial charge on any atom is -0.467 e. The number of hydrogen-bond donors (Lipinski definition) is 2. The maximum atomic E-state index is 12.6. The van der Waals surface area contributed by atoms with Crippen LogP contribution in [0.5, 0.6) is 6.01 Å². The molecular formula is C16H17N5O8S3. The molecule has 13 nitrogen and oxygen atoms in total. The predicted octanol–water partition coefficient (Wildman–Crippen LogP) is 1.82. The Morgan fingerprint density at radius 3 is 2.44 bits per heavy atom. The summed E-state index contributed by atoms with van der Waals surface area (Å²) in [5, 5.41) is 2.15. The molecule has 16 heteroatoms. The normalized spacial score (nSPS) is 10.8. The Morgan fingerprint density at radius 2 is 1.78 bits per heavy atom. The molecule has 2 aromatic rings. The molecule has 0 aliphatic carbocycles. The number of nitrogens with one attached hydrogen (secondary N) is 2. The lowest BCUT2D eigenvalue weighted by atomic mass is 10.2. The number of thioether (sulfide) groups is 1. The van der Waals surface area contributed by atoms with E-state index in [-0.39, 0.29) is 33.5 Å². The van der Waals surface area contributed by atoms with Crippen LogP contribution in [0.4, 0.5) is 15.5 Å². The van der Waals surface area contributed by atoms with E-state index in [0.717, 1.165) is 24.9 Å². The van der Waals surface area contributed by atoms with Crippen LogP contribution in [-0.2, 0) is 24.7 Å². The van der Waals surface area contributed by atoms with Gasteiger partial charge in [0.2, 0.25) is 5.95 Å². The first-order valence-electron chi connectivity index (χ1n) is 8.37. The van der Waals surface area contributed by atoms with Crippen molar-refractivity contribution >= 4 is 56.2 Å². The van der Waals surface area contributed by atoms with Crippen LogP contribution >= 0.6 is 23.8 Å². The lowest BCUT2D eigenvalue weighted by molar-refractivity contribution is 0.0596. The van der Waals surface area contributed by atoms with Crippen LogP contribution in [0, 0.1) is 0 Å². The zero-order chi connectivity index (χ0) is 23.7. The summed E-state index contributed by atoms with van der Waals surface area (Å²) in [6, 6.07) is 3.82. The fourth-order valence-corrected chi connectivity index (χ4v) is 4.30. The third-order valence-electron chi connectivity index (χ3n) is 3.35. The Kier molecular flexibility index (Phi) is 9.18. The van der Waals surface area contributed by atoms with Crippen LogP contribution < -0.4 is 14.8 Å². The van der Waals surface area contributed by atoms with Crippen molar-refractivity contribution in [3.63, 3.8) is 0 Å². The number of carbonyl (C=O) groups is 3. The van der Waals surface area contributed by atoms with E-state index in [0.29, 0.717) is 12.0 Å². The third-order valence-corrected chi connectivity index (χ3v) is 6.24. The maximum absolute atomic E-state index is 12.6. The van der Waals surface area contributed by atoms with Crippen LogP contribution in [0.25, 0.3) is 0 Å². The SMILES string of the molecule is COSC(=O)SCc1nc(NC(=O)NS(=O)(=O)c2ccccc2C(=O)OC)nc(OC)n1. The summed E-state index contributed by atoms with van der Waals surface area (Å²) < 4.78 is 40.7. The number of ether oxygens (including phenoxy) is 2. The Labute approximate surface area is 191 Å². The van der Waals surface area contributed by atoms with Gasteiger partial charge in [-0.15, -0.1) is 0 Å². The summed E-state index contributed by atoms with van der Waals surface area (Å²) in [6.07, 6.45) is 0. The first-order valence-corrected chi connectivity index (χ1v) is 11.6. The van der Waals surface area contributed by atoms with Gasteiger partial charge in [0.05, 0.1) is 44.7 Å². The lowest BCUT2D eigenvalue weighted by Gasteiger charge is -2.11. The molecule has 0 atom stereocenters. The van der Waals surface area contributed by atoms with Gasteiger partial charge in [-0.2, -0.15) is 15.0 Å². The van der Waals surface area contributed by atoms with Crippen molar-refractivity contribution in [1.29, 1.82) is 0 Å². The first-order chi connectivity index (χ1) is 15.2. The Bertz CT molecular complexity index is 1110. The van der Waals surface area contributed by atoms with E-state index in [1.165, 1.54) is 32.4 Å². The Hall–Kier alpha value is -2.95. The highest BCUT2D eigenvalue weighted by atomic mass is 32.2. The van der Waals surface area contributed by atoms with Crippen LogP contribution in [0.3, 0.4) is 0 Å². The Balaban J connectivity index is 2.18. The van der Waals surface area contributed by atoms with Crippen molar-refractivity contribution in [2.24, 2.45) is 0 Å². The Morgan fingerprint density at radius 1 is 1.06 bits per heavy atom. The van der Waals surface area contributed by atoms with Gasteiger partial charge in [-0.1, -0.05) is 23.9 Å². The number of benzene rings is 1. The molecule has 2 rings (SSSR count). The van der Waals surface area contributed by atoms with Gasteiger partial charge in [-0.05, 0) is 12.1 Å². The number of urea groups is 1. The van der Waals surface area contributed by atoms with Crippen LogP contribution in [0.2, 0.25) is 0 Å². The van der Waals surface area contributed by atoms with E-state index in [1.54, 1.807) is 4.72 Å². The monoisotopic (exact) mass is 503 g/mol. The second-order valence-electron chi connectivity index (χ2n) is 5.40. The highest BCUT2D eigenvalue weighted by Gasteiger charge is 2.25. The zero-order valence-electron chi connectivity index (χ0n) is 16.8. The number of methoxy groups -OCH3 is 2. The summed E-state index contributed by atoms with van der Waals surface area (Å²) in [7, 11) is -0.740. The van der Waals surface area contributed by atoms with Crippen molar-refractivity contribution < 1.29 is 36.5 Å². The average Bonchev–Trinajstić information content (AvgIpc) is 2.76. The smallest absolute Gasteiger partial charge is 0.339 e. The van der Waals surface area contributed by atoms with E-state index < -0.39 is 26.9 Å². The molecule has 0 fully saturated rings. The van der Waals surface area contributed by atoms with Crippen molar-refractivity contribution in [3.05, 3.63) is 35.7 Å². The fraction of sp³-hybridized carbons (Fsp3) is 0.250. The summed E-state index contributed by atoms with van der Waals surface area (Å²) in [6.45, 7) is 0. The molecule has 0 radical (unpaired) electrons. The number of amides is 2. The van der Waals surface area contributed by atoms with Crippen LogP contribution in [-0.4, -0.2) is 61.1 Å². The van der Waals surface area contributed by atoms with Gasteiger partial charge in [0, 0.05) is 0 Å². The lowest BCUT2D eigenvalue weighted by Crippen LogP contribution is -2.35. The molecule has 0 saturated heterocycles. The molecule has 172 valence electrons.